The van der Waals surface area contributed by atoms with Crippen LogP contribution >= 0.6 is 11.6 Å². The van der Waals surface area contributed by atoms with Gasteiger partial charge in [-0.3, -0.25) is 14.5 Å². The molecule has 3 aromatic carbocycles. The van der Waals surface area contributed by atoms with Crippen molar-refractivity contribution in [3.63, 3.8) is 0 Å². The first kappa shape index (κ1) is 31.6. The summed E-state index contributed by atoms with van der Waals surface area (Å²) in [5.74, 6) is -0.822. The van der Waals surface area contributed by atoms with Gasteiger partial charge in [0.1, 0.15) is 28.2 Å². The predicted molar refractivity (Wildman–Crippen MR) is 162 cm³/mol. The number of carbonyl (C=O) groups excluding carboxylic acids is 2. The molecule has 1 amide bonds. The first-order chi connectivity index (χ1) is 21.0. The van der Waals surface area contributed by atoms with Crippen molar-refractivity contribution < 1.29 is 41.7 Å². The van der Waals surface area contributed by atoms with Crippen molar-refractivity contribution >= 4 is 39.2 Å². The number of anilines is 1. The second kappa shape index (κ2) is 11.9. The molecule has 5 rings (SSSR count). The third-order valence-corrected chi connectivity index (χ3v) is 10.4. The monoisotopic (exact) mass is 644 g/mol. The Morgan fingerprint density at radius 1 is 0.932 bits per heavy atom. The smallest absolute Gasteiger partial charge is 0.323 e. The lowest BCUT2D eigenvalue weighted by Gasteiger charge is -2.41. The molecule has 44 heavy (non-hydrogen) atoms. The second-order valence-electron chi connectivity index (χ2n) is 10.4. The number of fused-ring (bicyclic) bond motifs is 1. The Balaban J connectivity index is 1.89. The van der Waals surface area contributed by atoms with Crippen LogP contribution in [0.2, 0.25) is 5.02 Å². The maximum Gasteiger partial charge on any atom is 0.323 e. The third-order valence-electron chi connectivity index (χ3n) is 8.27. The molecule has 1 fully saturated rings. The van der Waals surface area contributed by atoms with Crippen molar-refractivity contribution in [1.82, 2.24) is 4.90 Å². The van der Waals surface area contributed by atoms with Crippen LogP contribution in [0.15, 0.2) is 59.5 Å². The van der Waals surface area contributed by atoms with E-state index in [1.807, 2.05) is 0 Å². The highest BCUT2D eigenvalue weighted by atomic mass is 35.5. The molecule has 0 bridgehead atoms. The summed E-state index contributed by atoms with van der Waals surface area (Å²) >= 11 is 6.70. The molecule has 2 aliphatic rings. The summed E-state index contributed by atoms with van der Waals surface area (Å²) in [5.41, 5.74) is -0.720. The summed E-state index contributed by atoms with van der Waals surface area (Å²) in [6.45, 7) is 1.80. The Kier molecular flexibility index (Phi) is 8.56. The molecule has 0 N–H and O–H groups in total. The van der Waals surface area contributed by atoms with Gasteiger partial charge in [-0.2, -0.15) is 0 Å². The van der Waals surface area contributed by atoms with Gasteiger partial charge in [0.25, 0.3) is 15.9 Å². The van der Waals surface area contributed by atoms with Crippen LogP contribution in [-0.4, -0.2) is 79.4 Å². The number of hydrogen-bond acceptors (Lipinski definition) is 10. The minimum Gasteiger partial charge on any atom is -0.497 e. The van der Waals surface area contributed by atoms with Gasteiger partial charge in [0.15, 0.2) is 5.54 Å². The molecule has 2 heterocycles. The number of hydrogen-bond donors (Lipinski definition) is 0. The molecule has 3 aromatic rings. The molecule has 0 aliphatic carbocycles. The number of benzene rings is 3. The number of carbonyl (C=O) groups is 2. The first-order valence-corrected chi connectivity index (χ1v) is 15.5. The number of aryl methyl sites for hydroxylation is 1. The molecule has 0 saturated carbocycles. The van der Waals surface area contributed by atoms with Crippen molar-refractivity contribution in [3.05, 3.63) is 76.3 Å². The van der Waals surface area contributed by atoms with Crippen LogP contribution < -0.4 is 18.5 Å². The minimum absolute atomic E-state index is 0.0211. The Labute approximate surface area is 261 Å². The summed E-state index contributed by atoms with van der Waals surface area (Å²) in [6, 6.07) is 13.1. The van der Waals surface area contributed by atoms with Gasteiger partial charge >= 0.3 is 5.97 Å². The van der Waals surface area contributed by atoms with Crippen molar-refractivity contribution in [2.24, 2.45) is 0 Å². The fraction of sp³-hybridized carbons (Fsp3) is 0.355. The standard InChI is InChI=1S/C31H33ClN2O9S/c1-18-13-24-22(16-23(18)32)31(21-9-7-8-10-26(21)41-4,33-17-20(40-3)14-25(33)29(35)43-6)30(36)34(24)44(37,38)28-12-11-19(39-2)15-27(28)42-5/h7-13,15-16,20,25H,14,17H2,1-6H3/t20-,25+,31+/m1/s1. The quantitative estimate of drug-likeness (QED) is 0.317. The van der Waals surface area contributed by atoms with E-state index in [9.17, 15) is 13.2 Å². The van der Waals surface area contributed by atoms with Crippen molar-refractivity contribution in [2.75, 3.05) is 46.4 Å². The number of halogens is 1. The number of ether oxygens (including phenoxy) is 5. The van der Waals surface area contributed by atoms with E-state index < -0.39 is 39.6 Å². The Hall–Kier alpha value is -3.84. The number of methoxy groups -OCH3 is 5. The van der Waals surface area contributed by atoms with Crippen LogP contribution in [0.1, 0.15) is 23.1 Å². The molecule has 1 saturated heterocycles. The Morgan fingerprint density at radius 2 is 1.64 bits per heavy atom. The van der Waals surface area contributed by atoms with E-state index in [4.69, 9.17) is 35.3 Å². The highest BCUT2D eigenvalue weighted by Gasteiger charge is 2.64. The maximum atomic E-state index is 15.3. The van der Waals surface area contributed by atoms with E-state index in [1.165, 1.54) is 53.7 Å². The topological polar surface area (TPSA) is 121 Å². The van der Waals surface area contributed by atoms with E-state index in [-0.39, 0.29) is 34.9 Å². The molecule has 11 nitrogen and oxygen atoms in total. The molecule has 3 atom stereocenters. The zero-order valence-corrected chi connectivity index (χ0v) is 26.7. The molecule has 234 valence electrons. The second-order valence-corrected chi connectivity index (χ2v) is 12.6. The van der Waals surface area contributed by atoms with Crippen molar-refractivity contribution in [1.29, 1.82) is 0 Å². The summed E-state index contributed by atoms with van der Waals surface area (Å²) in [6.07, 6.45) is -0.281. The number of para-hydroxylation sites is 1. The van der Waals surface area contributed by atoms with Gasteiger partial charge in [0.05, 0.1) is 40.2 Å². The highest BCUT2D eigenvalue weighted by molar-refractivity contribution is 7.93. The maximum absolute atomic E-state index is 15.3. The Morgan fingerprint density at radius 3 is 2.27 bits per heavy atom. The summed E-state index contributed by atoms with van der Waals surface area (Å²) in [5, 5.41) is 0.300. The minimum atomic E-state index is -4.64. The highest BCUT2D eigenvalue weighted by Crippen LogP contribution is 2.55. The Bertz CT molecular complexity index is 1730. The number of amides is 1. The van der Waals surface area contributed by atoms with Crippen LogP contribution in [-0.2, 0) is 34.6 Å². The average Bonchev–Trinajstić information content (AvgIpc) is 3.57. The van der Waals surface area contributed by atoms with Gasteiger partial charge in [-0.15, -0.1) is 0 Å². The van der Waals surface area contributed by atoms with Gasteiger partial charge in [-0.05, 0) is 42.8 Å². The summed E-state index contributed by atoms with van der Waals surface area (Å²) in [4.78, 5) is 30.0. The van der Waals surface area contributed by atoms with Crippen molar-refractivity contribution in [2.45, 2.75) is 35.9 Å². The van der Waals surface area contributed by atoms with Gasteiger partial charge in [0, 0.05) is 42.3 Å². The van der Waals surface area contributed by atoms with Crippen LogP contribution in [0.25, 0.3) is 0 Å². The predicted octanol–water partition coefficient (Wildman–Crippen LogP) is 3.92. The van der Waals surface area contributed by atoms with Crippen LogP contribution in [0.4, 0.5) is 5.69 Å². The van der Waals surface area contributed by atoms with E-state index >= 15 is 4.79 Å². The van der Waals surface area contributed by atoms with Crippen LogP contribution in [0.5, 0.6) is 17.2 Å². The fourth-order valence-corrected chi connectivity index (χ4v) is 7.91. The van der Waals surface area contributed by atoms with Gasteiger partial charge in [-0.25, -0.2) is 12.7 Å². The number of likely N-dealkylation sites (tertiary alicyclic amines) is 1. The number of esters is 1. The zero-order chi connectivity index (χ0) is 32.0. The summed E-state index contributed by atoms with van der Waals surface area (Å²) < 4.78 is 57.3. The van der Waals surface area contributed by atoms with Crippen LogP contribution in [0, 0.1) is 6.92 Å². The largest absolute Gasteiger partial charge is 0.497 e. The fourth-order valence-electron chi connectivity index (χ4n) is 6.16. The van der Waals surface area contributed by atoms with E-state index in [1.54, 1.807) is 48.2 Å². The van der Waals surface area contributed by atoms with Gasteiger partial charge in [-0.1, -0.05) is 29.8 Å². The molecule has 0 radical (unpaired) electrons. The lowest BCUT2D eigenvalue weighted by atomic mass is 9.80. The molecule has 2 aliphatic heterocycles. The number of nitrogens with zero attached hydrogens (tertiary/aromatic N) is 2. The normalized spacial score (nSPS) is 21.7. The van der Waals surface area contributed by atoms with E-state index in [0.717, 1.165) is 4.31 Å². The van der Waals surface area contributed by atoms with E-state index in [0.29, 0.717) is 27.6 Å². The molecular formula is C31H33ClN2O9S. The third kappa shape index (κ3) is 4.68. The first-order valence-electron chi connectivity index (χ1n) is 13.6. The van der Waals surface area contributed by atoms with Gasteiger partial charge in [0.2, 0.25) is 0 Å². The average molecular weight is 645 g/mol. The zero-order valence-electron chi connectivity index (χ0n) is 25.1. The van der Waals surface area contributed by atoms with Gasteiger partial charge < -0.3 is 23.7 Å². The van der Waals surface area contributed by atoms with Crippen molar-refractivity contribution in [3.8, 4) is 17.2 Å². The van der Waals surface area contributed by atoms with E-state index in [2.05, 4.69) is 0 Å². The number of rotatable bonds is 9. The SMILES string of the molecule is COC(=O)[C@@H]1C[C@@H](OC)CN1[C@]1(c2ccccc2OC)C(=O)N(S(=O)(=O)c2ccc(OC)cc2OC)c2cc(C)c(Cl)cc21. The molecular weight excluding hydrogens is 612 g/mol. The molecule has 0 unspecified atom stereocenters. The lowest BCUT2D eigenvalue weighted by molar-refractivity contribution is -0.149. The van der Waals surface area contributed by atoms with Crippen LogP contribution in [0.3, 0.4) is 0 Å². The summed E-state index contributed by atoms with van der Waals surface area (Å²) in [7, 11) is 2.34. The molecule has 0 aromatic heterocycles. The molecule has 13 heteroatoms. The number of sulfonamides is 1. The molecule has 0 spiro atoms. The lowest BCUT2D eigenvalue weighted by Crippen LogP contribution is -2.58.